The minimum atomic E-state index is -0.487. The second kappa shape index (κ2) is 17.6. The van der Waals surface area contributed by atoms with Crippen LogP contribution in [0.5, 0.6) is 0 Å². The number of furan rings is 1. The Bertz CT molecular complexity index is 3120. The summed E-state index contributed by atoms with van der Waals surface area (Å²) in [5.41, 5.74) is 21.1. The fourth-order valence-electron chi connectivity index (χ4n) is 9.82. The quantitative estimate of drug-likeness (QED) is 0.112. The van der Waals surface area contributed by atoms with Crippen LogP contribution in [0, 0.1) is 6.92 Å². The van der Waals surface area contributed by atoms with Crippen molar-refractivity contribution in [2.45, 2.75) is 52.9 Å². The number of hydrogen-bond donors (Lipinski definition) is 0. The fraction of sp³-hybridized carbons (Fsp3) is 0.129. The molecule has 0 saturated carbocycles. The molecule has 0 bridgehead atoms. The molecule has 9 rings (SSSR count). The number of hydrogen-bond acceptors (Lipinski definition) is 1. The Morgan fingerprint density at radius 3 is 1.95 bits per heavy atom. The van der Waals surface area contributed by atoms with Crippen LogP contribution in [0.15, 0.2) is 227 Å². The lowest BCUT2D eigenvalue weighted by Crippen LogP contribution is -2.31. The lowest BCUT2D eigenvalue weighted by atomic mass is 9.64. The van der Waals surface area contributed by atoms with Gasteiger partial charge >= 0.3 is 0 Å². The van der Waals surface area contributed by atoms with Crippen molar-refractivity contribution < 1.29 is 4.42 Å². The summed E-state index contributed by atoms with van der Waals surface area (Å²) >= 11 is 0. The van der Waals surface area contributed by atoms with Crippen LogP contribution in [0.3, 0.4) is 0 Å². The summed E-state index contributed by atoms with van der Waals surface area (Å²) < 4.78 is 6.42. The number of aryl methyl sites for hydroxylation is 1. The second-order valence-corrected chi connectivity index (χ2v) is 17.0. The fourth-order valence-corrected chi connectivity index (χ4v) is 9.82. The first-order valence-electron chi connectivity index (χ1n) is 22.2. The third-order valence-corrected chi connectivity index (χ3v) is 12.7. The highest BCUT2D eigenvalue weighted by Crippen LogP contribution is 2.58. The highest BCUT2D eigenvalue weighted by Gasteiger charge is 2.47. The molecule has 0 atom stereocenters. The lowest BCUT2D eigenvalue weighted by molar-refractivity contribution is 0.670. The monoisotopic (exact) mass is 814 g/mol. The van der Waals surface area contributed by atoms with Gasteiger partial charge in [0.2, 0.25) is 0 Å². The first kappa shape index (κ1) is 41.1. The van der Waals surface area contributed by atoms with Gasteiger partial charge in [-0.15, -0.1) is 0 Å². The van der Waals surface area contributed by atoms with E-state index >= 15 is 0 Å². The van der Waals surface area contributed by atoms with Crippen LogP contribution in [0.25, 0.3) is 55.8 Å². The van der Waals surface area contributed by atoms with E-state index in [0.29, 0.717) is 0 Å². The molecule has 7 aromatic carbocycles. The van der Waals surface area contributed by atoms with Gasteiger partial charge < -0.3 is 4.42 Å². The first-order chi connectivity index (χ1) is 30.8. The molecule has 8 aromatic rings. The molecule has 0 radical (unpaired) electrons. The molecule has 1 nitrogen and oxygen atoms in total. The van der Waals surface area contributed by atoms with Gasteiger partial charge in [0.25, 0.3) is 0 Å². The largest absolute Gasteiger partial charge is 0.455 e. The van der Waals surface area contributed by atoms with Crippen LogP contribution in [-0.4, -0.2) is 0 Å². The van der Waals surface area contributed by atoms with E-state index in [-0.39, 0.29) is 0 Å². The molecule has 0 aliphatic heterocycles. The predicted octanol–water partition coefficient (Wildman–Crippen LogP) is 17.2. The summed E-state index contributed by atoms with van der Waals surface area (Å²) in [5, 5.41) is 2.28. The third-order valence-electron chi connectivity index (χ3n) is 12.7. The summed E-state index contributed by atoms with van der Waals surface area (Å²) in [6.45, 7) is 15.3. The Hall–Kier alpha value is -7.22. The lowest BCUT2D eigenvalue weighted by Gasteiger charge is -2.37. The van der Waals surface area contributed by atoms with E-state index in [1.807, 2.05) is 18.2 Å². The number of benzene rings is 7. The number of allylic oxidation sites excluding steroid dienone is 9. The van der Waals surface area contributed by atoms with Gasteiger partial charge in [0.05, 0.1) is 5.41 Å². The van der Waals surface area contributed by atoms with Crippen molar-refractivity contribution in [2.24, 2.45) is 0 Å². The van der Waals surface area contributed by atoms with Gasteiger partial charge in [0, 0.05) is 16.3 Å². The molecule has 0 amide bonds. The van der Waals surface area contributed by atoms with E-state index in [2.05, 4.69) is 223 Å². The molecule has 0 N–H and O–H groups in total. The number of para-hydroxylation sites is 2. The molecular weight excluding hydrogens is 761 g/mol. The molecule has 1 aliphatic rings. The van der Waals surface area contributed by atoms with E-state index in [0.717, 1.165) is 57.0 Å². The topological polar surface area (TPSA) is 13.1 Å². The molecule has 1 aromatic heterocycles. The van der Waals surface area contributed by atoms with Crippen molar-refractivity contribution in [3.05, 3.63) is 262 Å². The SMILES string of the molecule is C=C/C(=C\CC)C/C=C(/c1ccc(-c2cccc3c2oc2ccccc23)cc1)c1cccc(/C=C/C(C)=C(\C=C(C)C)C2(c3ccccc3C)c3ccccc3-c3ccccc32)c1. The molecule has 1 heterocycles. The first-order valence-corrected chi connectivity index (χ1v) is 22.2. The summed E-state index contributed by atoms with van der Waals surface area (Å²) in [5.74, 6) is 0. The van der Waals surface area contributed by atoms with Crippen molar-refractivity contribution in [3.63, 3.8) is 0 Å². The standard InChI is InChI=1S/C62H54O/c1-7-19-45(8-2)34-39-50(47-35-37-48(38-36-47)51-26-18-27-55-54-25-12-16-31-60(54)63-61(51)55)49-22-17-21-46(41-49)33-32-44(6)59(40-42(3)4)62(56-28-13-9-20-43(56)5)57-29-14-10-23-52(57)53-24-11-15-30-58(53)62/h8-33,35-41H,2,7,34H2,1,3-6H3/b33-32+,45-19+,50-39-,59-44+. The average Bonchev–Trinajstić information content (AvgIpc) is 3.84. The van der Waals surface area contributed by atoms with Crippen molar-refractivity contribution in [2.75, 3.05) is 0 Å². The van der Waals surface area contributed by atoms with Crippen molar-refractivity contribution in [1.82, 2.24) is 0 Å². The van der Waals surface area contributed by atoms with E-state index in [9.17, 15) is 0 Å². The maximum Gasteiger partial charge on any atom is 0.143 e. The van der Waals surface area contributed by atoms with Gasteiger partial charge in [0.1, 0.15) is 11.2 Å². The van der Waals surface area contributed by atoms with Crippen LogP contribution in [0.1, 0.15) is 79.5 Å². The highest BCUT2D eigenvalue weighted by molar-refractivity contribution is 6.09. The van der Waals surface area contributed by atoms with E-state index in [1.54, 1.807) is 0 Å². The number of rotatable bonds is 12. The zero-order chi connectivity index (χ0) is 43.5. The molecule has 63 heavy (non-hydrogen) atoms. The Morgan fingerprint density at radius 2 is 1.25 bits per heavy atom. The van der Waals surface area contributed by atoms with Gasteiger partial charge in [0.15, 0.2) is 0 Å². The smallest absolute Gasteiger partial charge is 0.143 e. The van der Waals surface area contributed by atoms with Gasteiger partial charge in [-0.05, 0) is 131 Å². The maximum absolute atomic E-state index is 6.42. The van der Waals surface area contributed by atoms with Crippen molar-refractivity contribution >= 4 is 33.6 Å². The normalized spacial score (nSPS) is 13.9. The summed E-state index contributed by atoms with van der Waals surface area (Å²) in [6.07, 6.45) is 15.4. The summed E-state index contributed by atoms with van der Waals surface area (Å²) in [6, 6.07) is 59.6. The van der Waals surface area contributed by atoms with Crippen LogP contribution >= 0.6 is 0 Å². The van der Waals surface area contributed by atoms with Gasteiger partial charge in [-0.2, -0.15) is 0 Å². The van der Waals surface area contributed by atoms with Gasteiger partial charge in [-0.3, -0.25) is 0 Å². The third kappa shape index (κ3) is 7.59. The maximum atomic E-state index is 6.42. The molecule has 1 heteroatoms. The van der Waals surface area contributed by atoms with Crippen LogP contribution in [-0.2, 0) is 5.41 Å². The molecule has 0 saturated heterocycles. The van der Waals surface area contributed by atoms with Gasteiger partial charge in [-0.1, -0.05) is 207 Å². The van der Waals surface area contributed by atoms with Crippen LogP contribution in [0.2, 0.25) is 0 Å². The highest BCUT2D eigenvalue weighted by atomic mass is 16.3. The van der Waals surface area contributed by atoms with Crippen LogP contribution < -0.4 is 0 Å². The van der Waals surface area contributed by atoms with Crippen molar-refractivity contribution in [3.8, 4) is 22.3 Å². The molecule has 1 aliphatic carbocycles. The molecule has 308 valence electrons. The average molecular weight is 815 g/mol. The summed E-state index contributed by atoms with van der Waals surface area (Å²) in [7, 11) is 0. The second-order valence-electron chi connectivity index (χ2n) is 17.0. The molecule has 0 spiro atoms. The van der Waals surface area contributed by atoms with Crippen LogP contribution in [0.4, 0.5) is 0 Å². The minimum absolute atomic E-state index is 0.487. The molecule has 0 unspecified atom stereocenters. The molecule has 0 fully saturated rings. The Morgan fingerprint density at radius 1 is 0.619 bits per heavy atom. The Balaban J connectivity index is 1.14. The zero-order valence-corrected chi connectivity index (χ0v) is 37.1. The summed E-state index contributed by atoms with van der Waals surface area (Å²) in [4.78, 5) is 0. The van der Waals surface area contributed by atoms with Gasteiger partial charge in [-0.25, -0.2) is 0 Å². The predicted molar refractivity (Wildman–Crippen MR) is 270 cm³/mol. The number of fused-ring (bicyclic) bond motifs is 6. The van der Waals surface area contributed by atoms with E-state index < -0.39 is 5.41 Å². The van der Waals surface area contributed by atoms with Crippen molar-refractivity contribution in [1.29, 1.82) is 0 Å². The Kier molecular flexibility index (Phi) is 11.5. The zero-order valence-electron chi connectivity index (χ0n) is 37.1. The van der Waals surface area contributed by atoms with E-state index in [4.69, 9.17) is 4.42 Å². The minimum Gasteiger partial charge on any atom is -0.455 e. The molecular formula is C62H54O. The van der Waals surface area contributed by atoms with E-state index in [1.165, 1.54) is 66.8 Å². The Labute approximate surface area is 373 Å².